The van der Waals surface area contributed by atoms with Crippen LogP contribution in [-0.2, 0) is 15.0 Å². The average Bonchev–Trinajstić information content (AvgIpc) is 3.07. The maximum Gasteiger partial charge on any atom is 0.303 e. The zero-order valence-electron chi connectivity index (χ0n) is 21.5. The summed E-state index contributed by atoms with van der Waals surface area (Å²) in [5.74, 6) is -0.910. The summed E-state index contributed by atoms with van der Waals surface area (Å²) < 4.78 is 2.29. The number of rotatable bonds is 10. The number of allylic oxidation sites excluding steroid dienone is 3. The maximum absolute atomic E-state index is 13.2. The lowest BCUT2D eigenvalue weighted by Crippen LogP contribution is -2.31. The van der Waals surface area contributed by atoms with Crippen molar-refractivity contribution >= 4 is 34.4 Å². The maximum atomic E-state index is 13.2. The van der Waals surface area contributed by atoms with Gasteiger partial charge in [0, 0.05) is 49.8 Å². The van der Waals surface area contributed by atoms with Crippen molar-refractivity contribution in [1.29, 1.82) is 0 Å². The summed E-state index contributed by atoms with van der Waals surface area (Å²) in [6.07, 6.45) is 4.67. The molecular weight excluding hydrogens is 452 g/mol. The molecule has 0 bridgehead atoms. The third-order valence-electron chi connectivity index (χ3n) is 7.26. The van der Waals surface area contributed by atoms with E-state index < -0.39 is 5.97 Å². The Labute approximate surface area is 212 Å². The van der Waals surface area contributed by atoms with E-state index in [1.54, 1.807) is 0 Å². The van der Waals surface area contributed by atoms with E-state index in [9.17, 15) is 14.7 Å². The van der Waals surface area contributed by atoms with E-state index in [0.29, 0.717) is 29.7 Å². The Morgan fingerprint density at radius 2 is 1.78 bits per heavy atom. The third-order valence-corrected chi connectivity index (χ3v) is 7.26. The summed E-state index contributed by atoms with van der Waals surface area (Å²) in [4.78, 5) is 25.9. The molecule has 1 aliphatic heterocycles. The number of carbonyl (C=O) groups excluding carboxylic acids is 1. The molecule has 0 aromatic heterocycles. The highest BCUT2D eigenvalue weighted by atomic mass is 16.4. The topological polar surface area (TPSA) is 80.9 Å². The molecule has 0 unspecified atom stereocenters. The van der Waals surface area contributed by atoms with Gasteiger partial charge in [0.25, 0.3) is 0 Å². The zero-order chi connectivity index (χ0) is 26.0. The van der Waals surface area contributed by atoms with E-state index in [0.717, 1.165) is 30.8 Å². The molecule has 2 aromatic carbocycles. The van der Waals surface area contributed by atoms with Crippen molar-refractivity contribution < 1.29 is 24.4 Å². The summed E-state index contributed by atoms with van der Waals surface area (Å²) in [6, 6.07) is 15.8. The van der Waals surface area contributed by atoms with Crippen LogP contribution in [0.1, 0.15) is 57.6 Å². The fourth-order valence-corrected chi connectivity index (χ4v) is 5.10. The summed E-state index contributed by atoms with van der Waals surface area (Å²) in [5, 5.41) is 19.8. The van der Waals surface area contributed by atoms with Gasteiger partial charge in [0.2, 0.25) is 11.5 Å². The van der Waals surface area contributed by atoms with Gasteiger partial charge in [-0.3, -0.25) is 9.59 Å². The highest BCUT2D eigenvalue weighted by Crippen LogP contribution is 2.42. The summed E-state index contributed by atoms with van der Waals surface area (Å²) in [5.41, 5.74) is 5.46. The molecule has 188 valence electrons. The molecule has 1 heterocycles. The van der Waals surface area contributed by atoms with Crippen LogP contribution in [0.4, 0.5) is 11.4 Å². The predicted octanol–water partition coefficient (Wildman–Crippen LogP) is 5.64. The quantitative estimate of drug-likeness (QED) is 0.335. The molecule has 1 aliphatic carbocycles. The highest BCUT2D eigenvalue weighted by molar-refractivity contribution is 6.40. The lowest BCUT2D eigenvalue weighted by atomic mass is 9.77. The summed E-state index contributed by atoms with van der Waals surface area (Å²) in [6.45, 7) is 7.99. The van der Waals surface area contributed by atoms with Crippen LogP contribution in [0.3, 0.4) is 0 Å². The van der Waals surface area contributed by atoms with Crippen LogP contribution in [0.25, 0.3) is 5.57 Å². The van der Waals surface area contributed by atoms with Gasteiger partial charge < -0.3 is 15.1 Å². The normalized spacial score (nSPS) is 17.4. The monoisotopic (exact) mass is 487 g/mol. The number of hydrogen-bond donors (Lipinski definition) is 2. The number of Topliss-reactive ketones (excluding diaryl/α,β-unsaturated/α-hetero) is 1. The first-order valence-electron chi connectivity index (χ1n) is 12.6. The Hall–Kier alpha value is -3.67. The molecular formula is C30H35N2O4+. The molecule has 2 N–H and O–H groups in total. The molecule has 36 heavy (non-hydrogen) atoms. The van der Waals surface area contributed by atoms with E-state index in [-0.39, 0.29) is 23.4 Å². The predicted molar refractivity (Wildman–Crippen MR) is 143 cm³/mol. The number of carboxylic acids is 1. The van der Waals surface area contributed by atoms with Gasteiger partial charge >= 0.3 is 5.97 Å². The lowest BCUT2D eigenvalue weighted by molar-refractivity contribution is -0.438. The van der Waals surface area contributed by atoms with Crippen molar-refractivity contribution in [1.82, 2.24) is 0 Å². The molecule has 4 rings (SSSR count). The second-order valence-corrected chi connectivity index (χ2v) is 10.1. The Morgan fingerprint density at radius 1 is 1.08 bits per heavy atom. The number of unbranched alkanes of at least 4 members (excludes halogenated alkanes) is 1. The highest BCUT2D eigenvalue weighted by Gasteiger charge is 2.46. The van der Waals surface area contributed by atoms with Crippen molar-refractivity contribution in [3.05, 3.63) is 77.1 Å². The van der Waals surface area contributed by atoms with Crippen molar-refractivity contribution in [3.8, 4) is 0 Å². The third kappa shape index (κ3) is 4.60. The molecule has 0 spiro atoms. The van der Waals surface area contributed by atoms with Crippen LogP contribution in [0.2, 0.25) is 0 Å². The van der Waals surface area contributed by atoms with Crippen molar-refractivity contribution in [2.24, 2.45) is 0 Å². The fourth-order valence-electron chi connectivity index (χ4n) is 5.10. The number of carboxylic acid groups (broad SMARTS) is 1. The van der Waals surface area contributed by atoms with Crippen LogP contribution in [0.15, 0.2) is 65.9 Å². The fraction of sp³-hybridized carbons (Fsp3) is 0.367. The standard InChI is InChI=1S/C30H34N2O4/c1-5-6-18-32-24-11-8-7-10-23(24)30(2,3)25(32)19-22-28(35)27(29(22)36)20-13-15-21(16-14-20)31(4)17-9-12-26(33)34/h7-8,10-11,13-16,19H,5-6,9,12,17-18H2,1-4H3,(H-,33,34,35,36)/p+1. The minimum atomic E-state index is -0.801. The lowest BCUT2D eigenvalue weighted by Gasteiger charge is -2.24. The van der Waals surface area contributed by atoms with Crippen LogP contribution in [0, 0.1) is 0 Å². The number of ketones is 1. The number of carbonyl (C=O) groups is 2. The van der Waals surface area contributed by atoms with Gasteiger partial charge in [-0.25, -0.2) is 0 Å². The Bertz CT molecular complexity index is 1280. The number of hydrogen-bond acceptors (Lipinski definition) is 4. The molecule has 6 nitrogen and oxygen atoms in total. The molecule has 0 saturated carbocycles. The van der Waals surface area contributed by atoms with E-state index >= 15 is 0 Å². The van der Waals surface area contributed by atoms with Gasteiger partial charge in [-0.2, -0.15) is 4.58 Å². The van der Waals surface area contributed by atoms with Gasteiger partial charge in [-0.05, 0) is 38.0 Å². The van der Waals surface area contributed by atoms with Gasteiger partial charge in [-0.1, -0.05) is 43.7 Å². The molecule has 2 aromatic rings. The van der Waals surface area contributed by atoms with Crippen LogP contribution >= 0.6 is 0 Å². The van der Waals surface area contributed by atoms with Crippen molar-refractivity contribution in [2.45, 2.75) is 51.9 Å². The number of benzene rings is 2. The Balaban J connectivity index is 1.61. The SMILES string of the molecule is CCCC[N+]1=C(C=C2C(=O)C(c3ccc(N(C)CCCC(=O)O)cc3)=C2O)C(C)(C)c2ccccc21. The molecule has 0 atom stereocenters. The van der Waals surface area contributed by atoms with Gasteiger partial charge in [0.15, 0.2) is 5.71 Å². The second-order valence-electron chi connectivity index (χ2n) is 10.1. The van der Waals surface area contributed by atoms with Crippen LogP contribution in [-0.4, -0.2) is 52.4 Å². The van der Waals surface area contributed by atoms with E-state index in [1.165, 1.54) is 11.3 Å². The molecule has 2 aliphatic rings. The van der Waals surface area contributed by atoms with Crippen LogP contribution < -0.4 is 4.90 Å². The summed E-state index contributed by atoms with van der Waals surface area (Å²) in [7, 11) is 1.91. The number of nitrogens with zero attached hydrogens (tertiary/aromatic N) is 2. The first-order chi connectivity index (χ1) is 17.2. The molecule has 0 fully saturated rings. The number of aliphatic carboxylic acids is 1. The molecule has 6 heteroatoms. The number of fused-ring (bicyclic) bond motifs is 1. The Kier molecular flexibility index (Phi) is 7.16. The first kappa shape index (κ1) is 25.4. The smallest absolute Gasteiger partial charge is 0.303 e. The number of aliphatic hydroxyl groups is 1. The van der Waals surface area contributed by atoms with Gasteiger partial charge in [0.1, 0.15) is 12.3 Å². The van der Waals surface area contributed by atoms with Crippen molar-refractivity contribution in [2.75, 3.05) is 25.0 Å². The van der Waals surface area contributed by atoms with Gasteiger partial charge in [0.05, 0.1) is 16.6 Å². The van der Waals surface area contributed by atoms with E-state index in [2.05, 4.69) is 37.5 Å². The first-order valence-corrected chi connectivity index (χ1v) is 12.6. The second kappa shape index (κ2) is 10.1. The largest absolute Gasteiger partial charge is 0.506 e. The Morgan fingerprint density at radius 3 is 2.42 bits per heavy atom. The van der Waals surface area contributed by atoms with Crippen LogP contribution in [0.5, 0.6) is 0 Å². The van der Waals surface area contributed by atoms with Crippen molar-refractivity contribution in [3.63, 3.8) is 0 Å². The molecule has 0 radical (unpaired) electrons. The minimum absolute atomic E-state index is 0.0391. The molecule has 0 saturated heterocycles. The number of aliphatic hydroxyl groups excluding tert-OH is 1. The minimum Gasteiger partial charge on any atom is -0.506 e. The molecule has 0 amide bonds. The zero-order valence-corrected chi connectivity index (χ0v) is 21.5. The summed E-state index contributed by atoms with van der Waals surface area (Å²) >= 11 is 0. The average molecular weight is 488 g/mol. The van der Waals surface area contributed by atoms with Gasteiger partial charge in [-0.15, -0.1) is 0 Å². The van der Waals surface area contributed by atoms with E-state index in [1.807, 2.05) is 54.4 Å². The number of para-hydroxylation sites is 1. The number of anilines is 1. The van der Waals surface area contributed by atoms with E-state index in [4.69, 9.17) is 5.11 Å².